The van der Waals surface area contributed by atoms with E-state index < -0.39 is 0 Å². The molecule has 3 N–H and O–H groups in total. The Bertz CT molecular complexity index is 191. The maximum absolute atomic E-state index is 7.23. The van der Waals surface area contributed by atoms with Crippen LogP contribution in [0.5, 0.6) is 0 Å². The van der Waals surface area contributed by atoms with Gasteiger partial charge in [0.2, 0.25) is 0 Å². The van der Waals surface area contributed by atoms with Crippen molar-refractivity contribution in [3.8, 4) is 0 Å². The van der Waals surface area contributed by atoms with Gasteiger partial charge in [0.25, 0.3) is 0 Å². The summed E-state index contributed by atoms with van der Waals surface area (Å²) in [6.07, 6.45) is 1.19. The van der Waals surface area contributed by atoms with Gasteiger partial charge in [0.15, 0.2) is 0 Å². The van der Waals surface area contributed by atoms with Crippen LogP contribution < -0.4 is 5.73 Å². The molecule has 0 aromatic carbocycles. The number of amidine groups is 1. The summed E-state index contributed by atoms with van der Waals surface area (Å²) in [5.74, 6) is 1.44. The lowest BCUT2D eigenvalue weighted by molar-refractivity contribution is 0.321. The van der Waals surface area contributed by atoms with E-state index in [1.807, 2.05) is 11.8 Å². The Morgan fingerprint density at radius 1 is 1.54 bits per heavy atom. The zero-order valence-corrected chi connectivity index (χ0v) is 9.28. The highest BCUT2D eigenvalue weighted by Crippen LogP contribution is 2.30. The summed E-state index contributed by atoms with van der Waals surface area (Å²) in [5.41, 5.74) is 5.38. The molecule has 0 amide bonds. The summed E-state index contributed by atoms with van der Waals surface area (Å²) in [4.78, 5) is 2.27. The fourth-order valence-corrected chi connectivity index (χ4v) is 2.60. The fraction of sp³-hybridized carbons (Fsp3) is 0.889. The minimum absolute atomic E-state index is 0.282. The van der Waals surface area contributed by atoms with Crippen molar-refractivity contribution in [2.24, 2.45) is 5.73 Å². The first-order valence-electron chi connectivity index (χ1n) is 4.69. The van der Waals surface area contributed by atoms with Crippen LogP contribution in [0.3, 0.4) is 0 Å². The van der Waals surface area contributed by atoms with E-state index in [2.05, 4.69) is 18.7 Å². The molecule has 0 saturated carbocycles. The lowest BCUT2D eigenvalue weighted by atomic mass is 10.1. The van der Waals surface area contributed by atoms with Crippen LogP contribution in [0.4, 0.5) is 0 Å². The Kier molecular flexibility index (Phi) is 3.62. The monoisotopic (exact) mass is 201 g/mol. The predicted octanol–water partition coefficient (Wildman–Crippen LogP) is 1.14. The number of hydrogen-bond acceptors (Lipinski definition) is 3. The third-order valence-corrected chi connectivity index (χ3v) is 3.70. The van der Waals surface area contributed by atoms with Crippen molar-refractivity contribution in [2.45, 2.75) is 25.0 Å². The molecule has 1 saturated heterocycles. The average molecular weight is 201 g/mol. The highest BCUT2D eigenvalue weighted by Gasteiger charge is 2.23. The third-order valence-electron chi connectivity index (χ3n) is 2.32. The van der Waals surface area contributed by atoms with Crippen LogP contribution in [-0.4, -0.2) is 40.9 Å². The second-order valence-electron chi connectivity index (χ2n) is 4.16. The normalized spacial score (nSPS) is 23.8. The van der Waals surface area contributed by atoms with Gasteiger partial charge in [-0.3, -0.25) is 10.3 Å². The molecule has 0 unspecified atom stereocenters. The largest absolute Gasteiger partial charge is 0.387 e. The molecule has 3 nitrogen and oxygen atoms in total. The molecule has 76 valence electrons. The Labute approximate surface area is 84.6 Å². The van der Waals surface area contributed by atoms with Gasteiger partial charge in [-0.05, 0) is 13.0 Å². The van der Waals surface area contributed by atoms with E-state index >= 15 is 0 Å². The number of thioether (sulfide) groups is 1. The van der Waals surface area contributed by atoms with Gasteiger partial charge in [0.05, 0.1) is 6.54 Å². The van der Waals surface area contributed by atoms with Gasteiger partial charge in [0.1, 0.15) is 5.84 Å². The van der Waals surface area contributed by atoms with Crippen molar-refractivity contribution in [1.29, 1.82) is 5.41 Å². The van der Waals surface area contributed by atoms with Gasteiger partial charge < -0.3 is 5.73 Å². The van der Waals surface area contributed by atoms with Crippen molar-refractivity contribution in [3.05, 3.63) is 0 Å². The van der Waals surface area contributed by atoms with E-state index in [9.17, 15) is 0 Å². The number of nitrogens with one attached hydrogen (secondary N) is 1. The second-order valence-corrected chi connectivity index (χ2v) is 5.96. The van der Waals surface area contributed by atoms with E-state index in [0.29, 0.717) is 11.3 Å². The molecule has 1 heterocycles. The predicted molar refractivity (Wildman–Crippen MR) is 59.5 cm³/mol. The molecule has 4 heteroatoms. The molecule has 13 heavy (non-hydrogen) atoms. The average Bonchev–Trinajstić information content (AvgIpc) is 2.12. The molecule has 1 aliphatic heterocycles. The van der Waals surface area contributed by atoms with Crippen LogP contribution in [0.1, 0.15) is 20.3 Å². The van der Waals surface area contributed by atoms with Gasteiger partial charge in [-0.25, -0.2) is 0 Å². The highest BCUT2D eigenvalue weighted by molar-refractivity contribution is 8.00. The van der Waals surface area contributed by atoms with E-state index in [1.165, 1.54) is 6.42 Å². The molecule has 1 fully saturated rings. The highest BCUT2D eigenvalue weighted by atomic mass is 32.2. The first-order chi connectivity index (χ1) is 5.99. The van der Waals surface area contributed by atoms with Crippen LogP contribution in [-0.2, 0) is 0 Å². The fourth-order valence-electron chi connectivity index (χ4n) is 1.46. The van der Waals surface area contributed by atoms with Crippen molar-refractivity contribution < 1.29 is 0 Å². The number of nitrogens with zero attached hydrogens (tertiary/aromatic N) is 1. The molecule has 0 aromatic rings. The van der Waals surface area contributed by atoms with Gasteiger partial charge in [-0.15, -0.1) is 0 Å². The molecule has 0 bridgehead atoms. The van der Waals surface area contributed by atoms with Crippen molar-refractivity contribution in [2.75, 3.05) is 25.4 Å². The van der Waals surface area contributed by atoms with E-state index in [4.69, 9.17) is 11.1 Å². The quantitative estimate of drug-likeness (QED) is 0.520. The van der Waals surface area contributed by atoms with Gasteiger partial charge in [-0.1, -0.05) is 13.8 Å². The molecule has 0 atom stereocenters. The summed E-state index contributed by atoms with van der Waals surface area (Å²) < 4.78 is 0.394. The summed E-state index contributed by atoms with van der Waals surface area (Å²) in [6, 6.07) is 0. The molecule has 0 aliphatic carbocycles. The molecule has 0 spiro atoms. The van der Waals surface area contributed by atoms with Crippen LogP contribution in [0, 0.1) is 5.41 Å². The van der Waals surface area contributed by atoms with E-state index in [-0.39, 0.29) is 5.84 Å². The summed E-state index contributed by atoms with van der Waals surface area (Å²) in [5, 5.41) is 7.23. The lowest BCUT2D eigenvalue weighted by Gasteiger charge is -2.22. The number of nitrogens with two attached hydrogens (primary N) is 1. The molecule has 0 radical (unpaired) electrons. The Hall–Kier alpha value is -0.220. The number of rotatable bonds is 2. The SMILES string of the molecule is CC1(C)CCN(CC(=N)N)CCS1. The summed E-state index contributed by atoms with van der Waals surface area (Å²) in [6.45, 7) is 7.34. The Morgan fingerprint density at radius 2 is 2.23 bits per heavy atom. The first-order valence-corrected chi connectivity index (χ1v) is 5.67. The summed E-state index contributed by atoms with van der Waals surface area (Å²) >= 11 is 2.02. The van der Waals surface area contributed by atoms with Gasteiger partial charge >= 0.3 is 0 Å². The molecule has 0 aromatic heterocycles. The topological polar surface area (TPSA) is 53.1 Å². The number of hydrogen-bond donors (Lipinski definition) is 2. The molecule has 1 rings (SSSR count). The maximum atomic E-state index is 7.23. The van der Waals surface area contributed by atoms with Gasteiger partial charge in [0, 0.05) is 17.0 Å². The van der Waals surface area contributed by atoms with Crippen LogP contribution in [0.15, 0.2) is 0 Å². The van der Waals surface area contributed by atoms with Crippen molar-refractivity contribution in [1.82, 2.24) is 4.90 Å². The van der Waals surface area contributed by atoms with Crippen LogP contribution >= 0.6 is 11.8 Å². The van der Waals surface area contributed by atoms with Gasteiger partial charge in [-0.2, -0.15) is 11.8 Å². The minimum atomic E-state index is 0.282. The molecular weight excluding hydrogens is 182 g/mol. The van der Waals surface area contributed by atoms with E-state index in [1.54, 1.807) is 0 Å². The van der Waals surface area contributed by atoms with E-state index in [0.717, 1.165) is 18.8 Å². The summed E-state index contributed by atoms with van der Waals surface area (Å²) in [7, 11) is 0. The third kappa shape index (κ3) is 4.00. The second kappa shape index (κ2) is 4.33. The first kappa shape index (κ1) is 10.9. The zero-order valence-electron chi connectivity index (χ0n) is 8.47. The standard InChI is InChI=1S/C9H19N3S/c1-9(2)3-4-12(5-6-13-9)7-8(10)11/h3-7H2,1-2H3,(H3,10,11). The minimum Gasteiger partial charge on any atom is -0.387 e. The lowest BCUT2D eigenvalue weighted by Crippen LogP contribution is -2.35. The van der Waals surface area contributed by atoms with Crippen molar-refractivity contribution >= 4 is 17.6 Å². The maximum Gasteiger partial charge on any atom is 0.105 e. The van der Waals surface area contributed by atoms with Crippen molar-refractivity contribution in [3.63, 3.8) is 0 Å². The molecule has 1 aliphatic rings. The van der Waals surface area contributed by atoms with Crippen LogP contribution in [0.2, 0.25) is 0 Å². The molecular formula is C9H19N3S. The Morgan fingerprint density at radius 3 is 2.85 bits per heavy atom. The zero-order chi connectivity index (χ0) is 9.90. The Balaban J connectivity index is 2.40. The smallest absolute Gasteiger partial charge is 0.105 e. The van der Waals surface area contributed by atoms with Crippen LogP contribution in [0.25, 0.3) is 0 Å².